The molecule has 0 saturated carbocycles. The topological polar surface area (TPSA) is 33.6 Å². The molecule has 0 aliphatic carbocycles. The summed E-state index contributed by atoms with van der Waals surface area (Å²) in [6.07, 6.45) is 2.16. The van der Waals surface area contributed by atoms with Crippen molar-refractivity contribution in [1.82, 2.24) is 5.32 Å². The molecule has 2 atom stereocenters. The van der Waals surface area contributed by atoms with Crippen molar-refractivity contribution < 1.29 is 4.74 Å². The van der Waals surface area contributed by atoms with Gasteiger partial charge in [0.25, 0.3) is 0 Å². The molecule has 0 aromatic rings. The summed E-state index contributed by atoms with van der Waals surface area (Å²) in [7, 11) is 0. The van der Waals surface area contributed by atoms with Crippen LogP contribution in [0.4, 0.5) is 0 Å². The maximum absolute atomic E-state index is 5.73. The molecule has 17 heavy (non-hydrogen) atoms. The lowest BCUT2D eigenvalue weighted by molar-refractivity contribution is -0.0603. The number of thioether (sulfide) groups is 1. The molecule has 2 aliphatic heterocycles. The van der Waals surface area contributed by atoms with Crippen LogP contribution in [0.3, 0.4) is 0 Å². The van der Waals surface area contributed by atoms with Gasteiger partial charge in [-0.1, -0.05) is 25.6 Å². The normalized spacial score (nSPS) is 32.6. The zero-order valence-corrected chi connectivity index (χ0v) is 12.1. The zero-order valence-electron chi connectivity index (χ0n) is 11.3. The molecule has 98 valence electrons. The Morgan fingerprint density at radius 1 is 1.47 bits per heavy atom. The van der Waals surface area contributed by atoms with Gasteiger partial charge in [0.2, 0.25) is 0 Å². The zero-order chi connectivity index (χ0) is 12.5. The van der Waals surface area contributed by atoms with E-state index in [2.05, 4.69) is 33.0 Å². The molecular formula is C13H24N2OS. The van der Waals surface area contributed by atoms with E-state index in [9.17, 15) is 0 Å². The Morgan fingerprint density at radius 3 is 2.82 bits per heavy atom. The fraction of sp³-hybridized carbons (Fsp3) is 0.923. The molecule has 2 rings (SSSR count). The largest absolute Gasteiger partial charge is 0.375 e. The number of amidine groups is 1. The Hall–Kier alpha value is -0.220. The van der Waals surface area contributed by atoms with Crippen molar-refractivity contribution in [2.75, 3.05) is 12.4 Å². The maximum Gasteiger partial charge on any atom is 0.157 e. The molecule has 0 spiro atoms. The van der Waals surface area contributed by atoms with Crippen LogP contribution in [0.5, 0.6) is 0 Å². The fourth-order valence-electron chi connectivity index (χ4n) is 2.34. The minimum atomic E-state index is 0.0111. The molecule has 0 aromatic heterocycles. The summed E-state index contributed by atoms with van der Waals surface area (Å²) in [5, 5.41) is 4.74. The number of ether oxygens (including phenoxy) is 1. The summed E-state index contributed by atoms with van der Waals surface area (Å²) in [5.41, 5.74) is 0.0111. The van der Waals surface area contributed by atoms with Gasteiger partial charge in [0.15, 0.2) is 5.17 Å². The molecule has 2 heterocycles. The van der Waals surface area contributed by atoms with E-state index in [4.69, 9.17) is 9.73 Å². The van der Waals surface area contributed by atoms with Gasteiger partial charge in [-0.05, 0) is 32.6 Å². The molecule has 1 unspecified atom stereocenters. The summed E-state index contributed by atoms with van der Waals surface area (Å²) < 4.78 is 5.73. The SMILES string of the molecule is CC(C)[C@H]1CSC(NC2CCOC(C)(C)C2)=N1. The Balaban J connectivity index is 1.87. The van der Waals surface area contributed by atoms with Gasteiger partial charge in [0, 0.05) is 18.4 Å². The van der Waals surface area contributed by atoms with Crippen LogP contribution in [0.15, 0.2) is 4.99 Å². The van der Waals surface area contributed by atoms with E-state index in [1.807, 2.05) is 11.8 Å². The van der Waals surface area contributed by atoms with E-state index in [0.717, 1.165) is 30.4 Å². The lowest BCUT2D eigenvalue weighted by Gasteiger charge is -2.36. The van der Waals surface area contributed by atoms with E-state index >= 15 is 0 Å². The molecule has 2 aliphatic rings. The third kappa shape index (κ3) is 3.62. The number of hydrogen-bond acceptors (Lipinski definition) is 4. The second-order valence-electron chi connectivity index (χ2n) is 6.00. The first kappa shape index (κ1) is 13.2. The van der Waals surface area contributed by atoms with E-state index < -0.39 is 0 Å². The van der Waals surface area contributed by atoms with Crippen molar-refractivity contribution in [3.8, 4) is 0 Å². The molecule has 3 nitrogen and oxygen atoms in total. The van der Waals surface area contributed by atoms with Gasteiger partial charge in [0.1, 0.15) is 0 Å². The van der Waals surface area contributed by atoms with Gasteiger partial charge in [-0.3, -0.25) is 4.99 Å². The second kappa shape index (κ2) is 5.19. The van der Waals surface area contributed by atoms with Gasteiger partial charge in [-0.15, -0.1) is 0 Å². The minimum absolute atomic E-state index is 0.0111. The summed E-state index contributed by atoms with van der Waals surface area (Å²) >= 11 is 1.87. The quantitative estimate of drug-likeness (QED) is 0.824. The standard InChI is InChI=1S/C13H24N2OS/c1-9(2)11-8-17-12(15-11)14-10-5-6-16-13(3,4)7-10/h9-11H,5-8H2,1-4H3,(H,14,15)/t10?,11-/m1/s1. The van der Waals surface area contributed by atoms with E-state index in [-0.39, 0.29) is 5.60 Å². The molecule has 1 saturated heterocycles. The highest BCUT2D eigenvalue weighted by Gasteiger charge is 2.30. The summed E-state index contributed by atoms with van der Waals surface area (Å²) in [5.74, 6) is 1.78. The number of nitrogens with zero attached hydrogens (tertiary/aromatic N) is 1. The predicted molar refractivity (Wildman–Crippen MR) is 74.7 cm³/mol. The van der Waals surface area contributed by atoms with Gasteiger partial charge in [0.05, 0.1) is 11.6 Å². The lowest BCUT2D eigenvalue weighted by Crippen LogP contribution is -2.44. The van der Waals surface area contributed by atoms with Crippen molar-refractivity contribution in [2.45, 2.75) is 58.2 Å². The van der Waals surface area contributed by atoms with E-state index in [1.165, 1.54) is 0 Å². The van der Waals surface area contributed by atoms with Crippen molar-refractivity contribution in [3.63, 3.8) is 0 Å². The third-order valence-corrected chi connectivity index (χ3v) is 4.47. The Labute approximate surface area is 109 Å². The Kier molecular flexibility index (Phi) is 4.03. The Morgan fingerprint density at radius 2 is 2.24 bits per heavy atom. The first-order chi connectivity index (χ1) is 7.96. The highest BCUT2D eigenvalue weighted by molar-refractivity contribution is 8.14. The molecular weight excluding hydrogens is 232 g/mol. The molecule has 0 amide bonds. The number of nitrogens with one attached hydrogen (secondary N) is 1. The fourth-order valence-corrected chi connectivity index (χ4v) is 3.59. The lowest BCUT2D eigenvalue weighted by atomic mass is 9.94. The van der Waals surface area contributed by atoms with Crippen LogP contribution in [0, 0.1) is 5.92 Å². The highest BCUT2D eigenvalue weighted by atomic mass is 32.2. The summed E-state index contributed by atoms with van der Waals surface area (Å²) in [4.78, 5) is 4.76. The monoisotopic (exact) mass is 256 g/mol. The summed E-state index contributed by atoms with van der Waals surface area (Å²) in [6.45, 7) is 9.68. The molecule has 4 heteroatoms. The number of aliphatic imine (C=N–C) groups is 1. The van der Waals surface area contributed by atoms with E-state index in [1.54, 1.807) is 0 Å². The van der Waals surface area contributed by atoms with Crippen molar-refractivity contribution >= 4 is 16.9 Å². The second-order valence-corrected chi connectivity index (χ2v) is 7.01. The van der Waals surface area contributed by atoms with Crippen LogP contribution in [0.1, 0.15) is 40.5 Å². The van der Waals surface area contributed by atoms with Crippen LogP contribution in [0.2, 0.25) is 0 Å². The average molecular weight is 256 g/mol. The van der Waals surface area contributed by atoms with Crippen LogP contribution < -0.4 is 5.32 Å². The van der Waals surface area contributed by atoms with Crippen LogP contribution in [0.25, 0.3) is 0 Å². The average Bonchev–Trinajstić information content (AvgIpc) is 2.64. The minimum Gasteiger partial charge on any atom is -0.375 e. The summed E-state index contributed by atoms with van der Waals surface area (Å²) in [6, 6.07) is 1.02. The molecule has 0 aromatic carbocycles. The highest BCUT2D eigenvalue weighted by Crippen LogP contribution is 2.27. The van der Waals surface area contributed by atoms with E-state index in [0.29, 0.717) is 18.0 Å². The molecule has 0 bridgehead atoms. The van der Waals surface area contributed by atoms with Crippen LogP contribution >= 0.6 is 11.8 Å². The number of rotatable bonds is 2. The molecule has 0 radical (unpaired) electrons. The maximum atomic E-state index is 5.73. The third-order valence-electron chi connectivity index (χ3n) is 3.47. The van der Waals surface area contributed by atoms with Crippen molar-refractivity contribution in [3.05, 3.63) is 0 Å². The van der Waals surface area contributed by atoms with Gasteiger partial charge >= 0.3 is 0 Å². The van der Waals surface area contributed by atoms with Crippen molar-refractivity contribution in [2.24, 2.45) is 10.9 Å². The molecule has 1 fully saturated rings. The smallest absolute Gasteiger partial charge is 0.157 e. The molecule has 1 N–H and O–H groups in total. The van der Waals surface area contributed by atoms with Gasteiger partial charge in [-0.2, -0.15) is 0 Å². The first-order valence-corrected chi connectivity index (χ1v) is 7.56. The first-order valence-electron chi connectivity index (χ1n) is 6.57. The van der Waals surface area contributed by atoms with Crippen LogP contribution in [-0.4, -0.2) is 35.2 Å². The van der Waals surface area contributed by atoms with Gasteiger partial charge < -0.3 is 10.1 Å². The predicted octanol–water partition coefficient (Wildman–Crippen LogP) is 2.66. The van der Waals surface area contributed by atoms with Gasteiger partial charge in [-0.25, -0.2) is 0 Å². The van der Waals surface area contributed by atoms with Crippen molar-refractivity contribution in [1.29, 1.82) is 0 Å². The number of hydrogen-bond donors (Lipinski definition) is 1. The Bertz CT molecular complexity index is 302. The van der Waals surface area contributed by atoms with Crippen LogP contribution in [-0.2, 0) is 4.74 Å².